The lowest BCUT2D eigenvalue weighted by Gasteiger charge is -2.37. The number of amides is 1. The third kappa shape index (κ3) is 3.12. The average molecular weight is 326 g/mol. The number of carbonyl (C=O) groups excluding carboxylic acids is 1. The Bertz CT molecular complexity index is 695. The van der Waals surface area contributed by atoms with Crippen molar-refractivity contribution in [1.29, 1.82) is 0 Å². The van der Waals surface area contributed by atoms with Crippen molar-refractivity contribution in [2.24, 2.45) is 5.92 Å². The van der Waals surface area contributed by atoms with Crippen molar-refractivity contribution in [3.8, 4) is 0 Å². The lowest BCUT2D eigenvalue weighted by Crippen LogP contribution is -2.57. The van der Waals surface area contributed by atoms with Crippen LogP contribution in [0, 0.1) is 12.8 Å². The SMILES string of the molecule is Cc1ccccc1S(=O)(=O)N1CC(C(=O)NC(C)C(=O)O)C1. The standard InChI is InChI=1S/C14H18N2O5S/c1-9-5-3-4-6-12(9)22(20,21)16-7-11(8-16)13(17)15-10(2)14(18)19/h3-6,10-11H,7-8H2,1-2H3,(H,15,17)(H,18,19). The van der Waals surface area contributed by atoms with Crippen molar-refractivity contribution in [3.63, 3.8) is 0 Å². The summed E-state index contributed by atoms with van der Waals surface area (Å²) in [6.07, 6.45) is 0. The minimum Gasteiger partial charge on any atom is -0.480 e. The maximum absolute atomic E-state index is 12.4. The van der Waals surface area contributed by atoms with Crippen LogP contribution in [0.2, 0.25) is 0 Å². The molecule has 1 unspecified atom stereocenters. The minimum absolute atomic E-state index is 0.0643. The third-order valence-electron chi connectivity index (χ3n) is 3.66. The number of aryl methyl sites for hydroxylation is 1. The second-order valence-electron chi connectivity index (χ2n) is 5.35. The second kappa shape index (κ2) is 6.05. The van der Waals surface area contributed by atoms with E-state index < -0.39 is 33.9 Å². The summed E-state index contributed by atoms with van der Waals surface area (Å²) in [5.74, 6) is -2.08. The normalized spacial score (nSPS) is 17.5. The number of nitrogens with zero attached hydrogens (tertiary/aromatic N) is 1. The van der Waals surface area contributed by atoms with Gasteiger partial charge >= 0.3 is 5.97 Å². The van der Waals surface area contributed by atoms with Crippen LogP contribution in [0.4, 0.5) is 0 Å². The average Bonchev–Trinajstić information content (AvgIpc) is 2.36. The highest BCUT2D eigenvalue weighted by Gasteiger charge is 2.41. The number of aliphatic carboxylic acids is 1. The van der Waals surface area contributed by atoms with Crippen LogP contribution in [0.5, 0.6) is 0 Å². The third-order valence-corrected chi connectivity index (χ3v) is 5.65. The molecule has 0 bridgehead atoms. The summed E-state index contributed by atoms with van der Waals surface area (Å²) in [7, 11) is -3.61. The van der Waals surface area contributed by atoms with Crippen molar-refractivity contribution in [2.45, 2.75) is 24.8 Å². The first kappa shape index (κ1) is 16.4. The summed E-state index contributed by atoms with van der Waals surface area (Å²) in [5, 5.41) is 11.1. The molecule has 1 aromatic carbocycles. The summed E-state index contributed by atoms with van der Waals surface area (Å²) in [5.41, 5.74) is 0.648. The molecule has 0 saturated carbocycles. The van der Waals surface area contributed by atoms with Crippen LogP contribution >= 0.6 is 0 Å². The van der Waals surface area contributed by atoms with E-state index in [2.05, 4.69) is 5.32 Å². The lowest BCUT2D eigenvalue weighted by molar-refractivity contribution is -0.142. The summed E-state index contributed by atoms with van der Waals surface area (Å²) in [6, 6.07) is 5.66. The van der Waals surface area contributed by atoms with Crippen LogP contribution in [-0.2, 0) is 19.6 Å². The Morgan fingerprint density at radius 2 is 1.91 bits per heavy atom. The topological polar surface area (TPSA) is 104 Å². The van der Waals surface area contributed by atoms with Crippen LogP contribution in [0.25, 0.3) is 0 Å². The minimum atomic E-state index is -3.61. The summed E-state index contributed by atoms with van der Waals surface area (Å²) >= 11 is 0. The van der Waals surface area contributed by atoms with Crippen LogP contribution in [0.1, 0.15) is 12.5 Å². The Morgan fingerprint density at radius 3 is 2.45 bits per heavy atom. The Morgan fingerprint density at radius 1 is 1.32 bits per heavy atom. The Labute approximate surface area is 129 Å². The first-order valence-electron chi connectivity index (χ1n) is 6.82. The largest absolute Gasteiger partial charge is 0.480 e. The molecule has 0 radical (unpaired) electrons. The molecule has 8 heteroatoms. The van der Waals surface area contributed by atoms with E-state index in [1.165, 1.54) is 17.3 Å². The lowest BCUT2D eigenvalue weighted by atomic mass is 10.0. The maximum Gasteiger partial charge on any atom is 0.325 e. The first-order chi connectivity index (χ1) is 10.2. The van der Waals surface area contributed by atoms with Crippen molar-refractivity contribution in [1.82, 2.24) is 9.62 Å². The predicted molar refractivity (Wildman–Crippen MR) is 78.7 cm³/mol. The Hall–Kier alpha value is -1.93. The fourth-order valence-corrected chi connectivity index (χ4v) is 3.93. The number of hydrogen-bond acceptors (Lipinski definition) is 4. The van der Waals surface area contributed by atoms with Gasteiger partial charge in [0.25, 0.3) is 0 Å². The van der Waals surface area contributed by atoms with Gasteiger partial charge in [0.1, 0.15) is 6.04 Å². The molecule has 1 aromatic rings. The molecule has 0 spiro atoms. The van der Waals surface area contributed by atoms with Crippen molar-refractivity contribution in [2.75, 3.05) is 13.1 Å². The molecular weight excluding hydrogens is 308 g/mol. The molecule has 120 valence electrons. The monoisotopic (exact) mass is 326 g/mol. The van der Waals surface area contributed by atoms with Crippen LogP contribution in [0.15, 0.2) is 29.2 Å². The Balaban J connectivity index is 2.00. The maximum atomic E-state index is 12.4. The van der Waals surface area contributed by atoms with E-state index in [9.17, 15) is 18.0 Å². The second-order valence-corrected chi connectivity index (χ2v) is 7.26. The molecule has 1 atom stereocenters. The molecule has 1 fully saturated rings. The van der Waals surface area contributed by atoms with E-state index in [4.69, 9.17) is 5.11 Å². The number of benzene rings is 1. The van der Waals surface area contributed by atoms with Crippen molar-refractivity contribution < 1.29 is 23.1 Å². The van der Waals surface area contributed by atoms with Gasteiger partial charge < -0.3 is 10.4 Å². The highest BCUT2D eigenvalue weighted by molar-refractivity contribution is 7.89. The number of carboxylic acids is 1. The number of nitrogens with one attached hydrogen (secondary N) is 1. The molecule has 22 heavy (non-hydrogen) atoms. The zero-order valence-corrected chi connectivity index (χ0v) is 13.1. The molecule has 1 amide bonds. The fraction of sp³-hybridized carbons (Fsp3) is 0.429. The van der Waals surface area contributed by atoms with Crippen LogP contribution < -0.4 is 5.32 Å². The summed E-state index contributed by atoms with van der Waals surface area (Å²) in [4.78, 5) is 22.7. The van der Waals surface area contributed by atoms with Crippen molar-refractivity contribution in [3.05, 3.63) is 29.8 Å². The first-order valence-corrected chi connectivity index (χ1v) is 8.26. The molecule has 1 aliphatic rings. The molecular formula is C14H18N2O5S. The number of sulfonamides is 1. The number of carboxylic acid groups (broad SMARTS) is 1. The molecule has 2 N–H and O–H groups in total. The molecule has 1 aliphatic heterocycles. The Kier molecular flexibility index (Phi) is 4.52. The highest BCUT2D eigenvalue weighted by Crippen LogP contribution is 2.27. The highest BCUT2D eigenvalue weighted by atomic mass is 32.2. The van der Waals surface area contributed by atoms with E-state index in [-0.39, 0.29) is 18.0 Å². The van der Waals surface area contributed by atoms with Crippen molar-refractivity contribution >= 4 is 21.9 Å². The molecule has 0 aliphatic carbocycles. The molecule has 1 heterocycles. The van der Waals surface area contributed by atoms with Gasteiger partial charge in [-0.1, -0.05) is 18.2 Å². The molecule has 2 rings (SSSR count). The van der Waals surface area contributed by atoms with Gasteiger partial charge in [-0.05, 0) is 25.5 Å². The number of rotatable bonds is 5. The van der Waals surface area contributed by atoms with E-state index >= 15 is 0 Å². The number of carbonyl (C=O) groups is 2. The van der Waals surface area contributed by atoms with E-state index in [0.717, 1.165) is 0 Å². The van der Waals surface area contributed by atoms with Gasteiger partial charge in [0, 0.05) is 13.1 Å². The smallest absolute Gasteiger partial charge is 0.325 e. The van der Waals surface area contributed by atoms with Gasteiger partial charge in [-0.2, -0.15) is 4.31 Å². The summed E-state index contributed by atoms with van der Waals surface area (Å²) in [6.45, 7) is 3.20. The predicted octanol–water partition coefficient (Wildman–Crippen LogP) is 0.205. The van der Waals surface area contributed by atoms with Gasteiger partial charge in [0.15, 0.2) is 0 Å². The van der Waals surface area contributed by atoms with E-state index in [1.807, 2.05) is 0 Å². The summed E-state index contributed by atoms with van der Waals surface area (Å²) < 4.78 is 26.1. The quantitative estimate of drug-likeness (QED) is 0.805. The van der Waals surface area contributed by atoms with E-state index in [1.54, 1.807) is 25.1 Å². The molecule has 0 aromatic heterocycles. The zero-order chi connectivity index (χ0) is 16.5. The van der Waals surface area contributed by atoms with Gasteiger partial charge in [-0.3, -0.25) is 9.59 Å². The van der Waals surface area contributed by atoms with Gasteiger partial charge in [-0.25, -0.2) is 8.42 Å². The van der Waals surface area contributed by atoms with E-state index in [0.29, 0.717) is 5.56 Å². The van der Waals surface area contributed by atoms with Gasteiger partial charge in [0.05, 0.1) is 10.8 Å². The fourth-order valence-electron chi connectivity index (χ4n) is 2.18. The van der Waals surface area contributed by atoms with Gasteiger partial charge in [0.2, 0.25) is 15.9 Å². The van der Waals surface area contributed by atoms with Crippen LogP contribution in [-0.4, -0.2) is 48.8 Å². The molecule has 1 saturated heterocycles. The van der Waals surface area contributed by atoms with Gasteiger partial charge in [-0.15, -0.1) is 0 Å². The zero-order valence-electron chi connectivity index (χ0n) is 12.3. The van der Waals surface area contributed by atoms with Crippen LogP contribution in [0.3, 0.4) is 0 Å². The molecule has 7 nitrogen and oxygen atoms in total. The number of hydrogen-bond donors (Lipinski definition) is 2.